The molecular weight excluding hydrogens is 332 g/mol. The number of nitrogens with one attached hydrogen (secondary N) is 1. The molecule has 3 aromatic rings. The van der Waals surface area contributed by atoms with Crippen LogP contribution < -0.4 is 10.2 Å². The van der Waals surface area contributed by atoms with Crippen molar-refractivity contribution in [3.63, 3.8) is 0 Å². The molecule has 0 fully saturated rings. The van der Waals surface area contributed by atoms with Gasteiger partial charge in [-0.2, -0.15) is 0 Å². The van der Waals surface area contributed by atoms with Gasteiger partial charge in [0.05, 0.1) is 5.69 Å². The highest BCUT2D eigenvalue weighted by Crippen LogP contribution is 2.24. The van der Waals surface area contributed by atoms with E-state index in [0.717, 1.165) is 22.5 Å². The Morgan fingerprint density at radius 3 is 2.52 bits per heavy atom. The van der Waals surface area contributed by atoms with Crippen molar-refractivity contribution in [3.8, 4) is 11.3 Å². The molecule has 0 bridgehead atoms. The van der Waals surface area contributed by atoms with Gasteiger partial charge in [-0.3, -0.25) is 15.1 Å². The van der Waals surface area contributed by atoms with E-state index in [1.165, 1.54) is 17.4 Å². The van der Waals surface area contributed by atoms with E-state index in [2.05, 4.69) is 15.3 Å². The lowest BCUT2D eigenvalue weighted by atomic mass is 10.2. The van der Waals surface area contributed by atoms with Gasteiger partial charge in [-0.05, 0) is 35.9 Å². The molecule has 5 nitrogen and oxygen atoms in total. The summed E-state index contributed by atoms with van der Waals surface area (Å²) in [5, 5.41) is 5.27. The second-order valence-corrected chi connectivity index (χ2v) is 6.44. The first-order valence-corrected chi connectivity index (χ1v) is 8.62. The lowest BCUT2D eigenvalue weighted by molar-refractivity contribution is -0.111. The molecule has 0 aliphatic carbocycles. The Morgan fingerprint density at radius 2 is 1.84 bits per heavy atom. The topological polar surface area (TPSA) is 58.1 Å². The molecule has 0 spiro atoms. The second kappa shape index (κ2) is 7.72. The maximum atomic E-state index is 12.1. The lowest BCUT2D eigenvalue weighted by Gasteiger charge is -2.11. The molecule has 0 atom stereocenters. The minimum atomic E-state index is -0.202. The second-order valence-electron chi connectivity index (χ2n) is 5.58. The summed E-state index contributed by atoms with van der Waals surface area (Å²) >= 11 is 1.40. The molecule has 2 aromatic heterocycles. The van der Waals surface area contributed by atoms with Crippen LogP contribution >= 0.6 is 11.3 Å². The van der Waals surface area contributed by atoms with Gasteiger partial charge in [0, 0.05) is 49.2 Å². The number of thiazole rings is 1. The molecule has 1 N–H and O–H groups in total. The SMILES string of the molecule is CN(C)c1ccc(/C=C/C(=O)Nc2nc(-c3ccncc3)cs2)cc1. The fourth-order valence-corrected chi connectivity index (χ4v) is 2.91. The lowest BCUT2D eigenvalue weighted by Crippen LogP contribution is -2.08. The van der Waals surface area contributed by atoms with Gasteiger partial charge in [-0.15, -0.1) is 11.3 Å². The number of hydrogen-bond donors (Lipinski definition) is 1. The highest BCUT2D eigenvalue weighted by atomic mass is 32.1. The Morgan fingerprint density at radius 1 is 1.12 bits per heavy atom. The van der Waals surface area contributed by atoms with Crippen LogP contribution in [-0.4, -0.2) is 30.0 Å². The standard InChI is InChI=1S/C19H18N4OS/c1-23(2)16-6-3-14(4-7-16)5-8-18(24)22-19-21-17(13-25-19)15-9-11-20-12-10-15/h3-13H,1-2H3,(H,21,22,24)/b8-5+. The number of pyridine rings is 1. The minimum Gasteiger partial charge on any atom is -0.378 e. The molecule has 1 amide bonds. The van der Waals surface area contributed by atoms with Crippen LogP contribution in [0.2, 0.25) is 0 Å². The molecule has 3 rings (SSSR count). The van der Waals surface area contributed by atoms with Crippen molar-refractivity contribution < 1.29 is 4.79 Å². The van der Waals surface area contributed by atoms with Gasteiger partial charge in [0.2, 0.25) is 5.91 Å². The van der Waals surface area contributed by atoms with E-state index in [9.17, 15) is 4.79 Å². The maximum absolute atomic E-state index is 12.1. The van der Waals surface area contributed by atoms with Crippen LogP contribution in [0.25, 0.3) is 17.3 Å². The Kier molecular flexibility index (Phi) is 5.20. The molecule has 0 radical (unpaired) electrons. The molecule has 0 unspecified atom stereocenters. The van der Waals surface area contributed by atoms with Crippen molar-refractivity contribution >= 4 is 34.1 Å². The first kappa shape index (κ1) is 16.9. The third kappa shape index (κ3) is 4.51. The van der Waals surface area contributed by atoms with Gasteiger partial charge in [0.15, 0.2) is 5.13 Å². The van der Waals surface area contributed by atoms with Crippen LogP contribution in [0.3, 0.4) is 0 Å². The molecule has 0 aliphatic heterocycles. The number of rotatable bonds is 5. The van der Waals surface area contributed by atoms with E-state index >= 15 is 0 Å². The number of nitrogens with zero attached hydrogens (tertiary/aromatic N) is 3. The van der Waals surface area contributed by atoms with Gasteiger partial charge < -0.3 is 4.90 Å². The number of carbonyl (C=O) groups is 1. The largest absolute Gasteiger partial charge is 0.378 e. The van der Waals surface area contributed by atoms with Crippen LogP contribution in [-0.2, 0) is 4.79 Å². The molecule has 0 saturated carbocycles. The predicted octanol–water partition coefficient (Wildman–Crippen LogP) is 3.92. The number of amides is 1. The summed E-state index contributed by atoms with van der Waals surface area (Å²) in [5.74, 6) is -0.202. The Labute approximate surface area is 150 Å². The monoisotopic (exact) mass is 350 g/mol. The summed E-state index contributed by atoms with van der Waals surface area (Å²) in [7, 11) is 3.99. The van der Waals surface area contributed by atoms with Crippen LogP contribution in [0.15, 0.2) is 60.2 Å². The zero-order valence-electron chi connectivity index (χ0n) is 14.0. The van der Waals surface area contributed by atoms with Crippen molar-refractivity contribution in [1.82, 2.24) is 9.97 Å². The Balaban J connectivity index is 1.62. The molecule has 0 aliphatic rings. The van der Waals surface area contributed by atoms with Crippen LogP contribution in [0.4, 0.5) is 10.8 Å². The van der Waals surface area contributed by atoms with Crippen LogP contribution in [0.5, 0.6) is 0 Å². The normalized spacial score (nSPS) is 10.8. The number of aromatic nitrogens is 2. The molecule has 126 valence electrons. The summed E-state index contributed by atoms with van der Waals surface area (Å²) in [4.78, 5) is 22.5. The van der Waals surface area contributed by atoms with Gasteiger partial charge in [0.1, 0.15) is 0 Å². The summed E-state index contributed by atoms with van der Waals surface area (Å²) in [6.07, 6.45) is 6.73. The molecule has 6 heteroatoms. The highest BCUT2D eigenvalue weighted by molar-refractivity contribution is 7.14. The summed E-state index contributed by atoms with van der Waals surface area (Å²) in [6.45, 7) is 0. The molecule has 2 heterocycles. The van der Waals surface area contributed by atoms with Gasteiger partial charge in [-0.1, -0.05) is 12.1 Å². The molecule has 1 aromatic carbocycles. The highest BCUT2D eigenvalue weighted by Gasteiger charge is 2.06. The number of benzene rings is 1. The van der Waals surface area contributed by atoms with Crippen molar-refractivity contribution in [2.45, 2.75) is 0 Å². The number of anilines is 2. The van der Waals surface area contributed by atoms with Gasteiger partial charge in [-0.25, -0.2) is 4.98 Å². The van der Waals surface area contributed by atoms with E-state index < -0.39 is 0 Å². The van der Waals surface area contributed by atoms with Gasteiger partial charge in [0.25, 0.3) is 0 Å². The third-order valence-electron chi connectivity index (χ3n) is 3.55. The zero-order valence-corrected chi connectivity index (χ0v) is 14.8. The van der Waals surface area contributed by atoms with Gasteiger partial charge >= 0.3 is 0 Å². The number of hydrogen-bond acceptors (Lipinski definition) is 5. The van der Waals surface area contributed by atoms with E-state index in [1.807, 2.05) is 60.8 Å². The average molecular weight is 350 g/mol. The Hall–Kier alpha value is -2.99. The van der Waals surface area contributed by atoms with Crippen molar-refractivity contribution in [3.05, 3.63) is 65.8 Å². The summed E-state index contributed by atoms with van der Waals surface area (Å²) in [5.41, 5.74) is 3.89. The molecular formula is C19H18N4OS. The Bertz CT molecular complexity index is 870. The van der Waals surface area contributed by atoms with Crippen LogP contribution in [0.1, 0.15) is 5.56 Å². The molecule has 0 saturated heterocycles. The molecule has 25 heavy (non-hydrogen) atoms. The van der Waals surface area contributed by atoms with Crippen LogP contribution in [0, 0.1) is 0 Å². The summed E-state index contributed by atoms with van der Waals surface area (Å²) < 4.78 is 0. The first-order valence-electron chi connectivity index (χ1n) is 7.74. The number of carbonyl (C=O) groups excluding carboxylic acids is 1. The smallest absolute Gasteiger partial charge is 0.250 e. The average Bonchev–Trinajstić information content (AvgIpc) is 3.09. The van der Waals surface area contributed by atoms with E-state index in [0.29, 0.717) is 5.13 Å². The van der Waals surface area contributed by atoms with Crippen molar-refractivity contribution in [2.75, 3.05) is 24.3 Å². The quantitative estimate of drug-likeness (QED) is 0.709. The maximum Gasteiger partial charge on any atom is 0.250 e. The summed E-state index contributed by atoms with van der Waals surface area (Å²) in [6, 6.07) is 11.8. The minimum absolute atomic E-state index is 0.202. The van der Waals surface area contributed by atoms with E-state index in [4.69, 9.17) is 0 Å². The fourth-order valence-electron chi connectivity index (χ4n) is 2.19. The van der Waals surface area contributed by atoms with Crippen molar-refractivity contribution in [1.29, 1.82) is 0 Å². The zero-order chi connectivity index (χ0) is 17.6. The van der Waals surface area contributed by atoms with E-state index in [1.54, 1.807) is 18.5 Å². The fraction of sp³-hybridized carbons (Fsp3) is 0.105. The third-order valence-corrected chi connectivity index (χ3v) is 4.30. The first-order chi connectivity index (χ1) is 12.1. The predicted molar refractivity (Wildman–Crippen MR) is 104 cm³/mol. The van der Waals surface area contributed by atoms with Crippen molar-refractivity contribution in [2.24, 2.45) is 0 Å². The van der Waals surface area contributed by atoms with E-state index in [-0.39, 0.29) is 5.91 Å².